The van der Waals surface area contributed by atoms with Crippen LogP contribution in [0.25, 0.3) is 11.3 Å². The summed E-state index contributed by atoms with van der Waals surface area (Å²) in [6.45, 7) is 2.23. The molecule has 0 N–H and O–H groups in total. The molecule has 0 atom stereocenters. The third-order valence-electron chi connectivity index (χ3n) is 3.49. The van der Waals surface area contributed by atoms with Crippen molar-refractivity contribution in [2.24, 2.45) is 0 Å². The van der Waals surface area contributed by atoms with Crippen molar-refractivity contribution in [2.45, 2.75) is 39.0 Å². The van der Waals surface area contributed by atoms with Gasteiger partial charge in [0, 0.05) is 17.3 Å². The highest BCUT2D eigenvalue weighted by Gasteiger charge is 2.00. The Bertz CT molecular complexity index is 528. The van der Waals surface area contributed by atoms with E-state index in [9.17, 15) is 4.79 Å². The second-order valence-electron chi connectivity index (χ2n) is 5.10. The maximum atomic E-state index is 10.6. The summed E-state index contributed by atoms with van der Waals surface area (Å²) in [4.78, 5) is 14.9. The van der Waals surface area contributed by atoms with E-state index in [1.807, 2.05) is 6.07 Å². The van der Waals surface area contributed by atoms with Crippen LogP contribution in [0.15, 0.2) is 42.6 Å². The molecule has 0 spiro atoms. The average molecular weight is 267 g/mol. The molecule has 20 heavy (non-hydrogen) atoms. The molecule has 104 valence electrons. The van der Waals surface area contributed by atoms with E-state index in [1.165, 1.54) is 31.2 Å². The molecule has 2 aromatic rings. The first-order valence-electron chi connectivity index (χ1n) is 7.34. The number of rotatable bonds is 7. The van der Waals surface area contributed by atoms with Gasteiger partial charge in [0.1, 0.15) is 0 Å². The minimum absolute atomic E-state index is 0.612. The van der Waals surface area contributed by atoms with E-state index in [0.29, 0.717) is 5.56 Å². The molecule has 0 saturated heterocycles. The van der Waals surface area contributed by atoms with Crippen molar-refractivity contribution in [2.75, 3.05) is 0 Å². The topological polar surface area (TPSA) is 30.0 Å². The highest BCUT2D eigenvalue weighted by Crippen LogP contribution is 2.18. The molecule has 0 bridgehead atoms. The SMILES string of the molecule is CCCCCCc1ccc(-c2ccc(C=O)cn2)cc1. The number of hydrogen-bond donors (Lipinski definition) is 0. The van der Waals surface area contributed by atoms with Gasteiger partial charge in [-0.15, -0.1) is 0 Å². The molecule has 0 aliphatic carbocycles. The van der Waals surface area contributed by atoms with E-state index in [-0.39, 0.29) is 0 Å². The van der Waals surface area contributed by atoms with Crippen LogP contribution >= 0.6 is 0 Å². The first kappa shape index (κ1) is 14.4. The average Bonchev–Trinajstić information content (AvgIpc) is 2.52. The Kier molecular flexibility index (Phi) is 5.48. The standard InChI is InChI=1S/C18H21NO/c1-2-3-4-5-6-15-7-10-17(11-8-15)18-12-9-16(14-20)13-19-18/h7-14H,2-6H2,1H3. The molecule has 2 nitrogen and oxygen atoms in total. The van der Waals surface area contributed by atoms with Crippen LogP contribution in [0.1, 0.15) is 48.5 Å². The van der Waals surface area contributed by atoms with Gasteiger partial charge in [-0.05, 0) is 30.5 Å². The molecule has 2 rings (SSSR count). The fourth-order valence-electron chi connectivity index (χ4n) is 2.24. The second-order valence-corrected chi connectivity index (χ2v) is 5.10. The summed E-state index contributed by atoms with van der Waals surface area (Å²) in [6, 6.07) is 12.3. The van der Waals surface area contributed by atoms with E-state index < -0.39 is 0 Å². The molecular weight excluding hydrogens is 246 g/mol. The molecule has 0 radical (unpaired) electrons. The molecule has 2 heteroatoms. The van der Waals surface area contributed by atoms with Crippen LogP contribution in [0.3, 0.4) is 0 Å². The van der Waals surface area contributed by atoms with Gasteiger partial charge in [-0.2, -0.15) is 0 Å². The Morgan fingerprint density at radius 2 is 1.80 bits per heavy atom. The molecule has 0 aliphatic rings. The van der Waals surface area contributed by atoms with Crippen LogP contribution in [-0.2, 0) is 6.42 Å². The number of nitrogens with zero attached hydrogens (tertiary/aromatic N) is 1. The van der Waals surface area contributed by atoms with E-state index in [4.69, 9.17) is 0 Å². The van der Waals surface area contributed by atoms with E-state index in [0.717, 1.165) is 24.0 Å². The number of aryl methyl sites for hydroxylation is 1. The fourth-order valence-corrected chi connectivity index (χ4v) is 2.24. The zero-order valence-corrected chi connectivity index (χ0v) is 12.0. The van der Waals surface area contributed by atoms with Gasteiger partial charge in [-0.3, -0.25) is 9.78 Å². The van der Waals surface area contributed by atoms with E-state index >= 15 is 0 Å². The number of carbonyl (C=O) groups excluding carboxylic acids is 1. The van der Waals surface area contributed by atoms with Crippen molar-refractivity contribution < 1.29 is 4.79 Å². The number of carbonyl (C=O) groups is 1. The van der Waals surface area contributed by atoms with Gasteiger partial charge in [0.25, 0.3) is 0 Å². The molecule has 1 aromatic heterocycles. The van der Waals surface area contributed by atoms with Gasteiger partial charge in [-0.25, -0.2) is 0 Å². The monoisotopic (exact) mass is 267 g/mol. The first-order valence-corrected chi connectivity index (χ1v) is 7.34. The number of pyridine rings is 1. The smallest absolute Gasteiger partial charge is 0.151 e. The summed E-state index contributed by atoms with van der Waals surface area (Å²) in [7, 11) is 0. The highest BCUT2D eigenvalue weighted by atomic mass is 16.1. The summed E-state index contributed by atoms with van der Waals surface area (Å²) in [5, 5.41) is 0. The zero-order chi connectivity index (χ0) is 14.2. The summed E-state index contributed by atoms with van der Waals surface area (Å²) >= 11 is 0. The Hall–Kier alpha value is -1.96. The molecule has 0 aliphatic heterocycles. The van der Waals surface area contributed by atoms with E-state index in [2.05, 4.69) is 36.2 Å². The van der Waals surface area contributed by atoms with Gasteiger partial charge in [-0.1, -0.05) is 50.5 Å². The third-order valence-corrected chi connectivity index (χ3v) is 3.49. The normalized spacial score (nSPS) is 10.4. The first-order chi connectivity index (χ1) is 9.83. The molecular formula is C18H21NO. The van der Waals surface area contributed by atoms with Gasteiger partial charge >= 0.3 is 0 Å². The van der Waals surface area contributed by atoms with Gasteiger partial charge in [0.15, 0.2) is 6.29 Å². The highest BCUT2D eigenvalue weighted by molar-refractivity contribution is 5.75. The lowest BCUT2D eigenvalue weighted by Crippen LogP contribution is -1.89. The van der Waals surface area contributed by atoms with Crippen LogP contribution < -0.4 is 0 Å². The summed E-state index contributed by atoms with van der Waals surface area (Å²) in [5.74, 6) is 0. The zero-order valence-electron chi connectivity index (χ0n) is 12.0. The Labute approximate surface area is 120 Å². The van der Waals surface area contributed by atoms with Crippen LogP contribution in [0.5, 0.6) is 0 Å². The predicted molar refractivity (Wildman–Crippen MR) is 82.9 cm³/mol. The minimum Gasteiger partial charge on any atom is -0.298 e. The van der Waals surface area contributed by atoms with Crippen LogP contribution in [0.4, 0.5) is 0 Å². The Morgan fingerprint density at radius 3 is 2.40 bits per heavy atom. The number of aromatic nitrogens is 1. The maximum absolute atomic E-state index is 10.6. The second kappa shape index (κ2) is 7.59. The lowest BCUT2D eigenvalue weighted by Gasteiger charge is -2.04. The maximum Gasteiger partial charge on any atom is 0.151 e. The van der Waals surface area contributed by atoms with Crippen molar-refractivity contribution >= 4 is 6.29 Å². The lowest BCUT2D eigenvalue weighted by molar-refractivity contribution is 0.112. The molecule has 1 heterocycles. The van der Waals surface area contributed by atoms with Gasteiger partial charge < -0.3 is 0 Å². The van der Waals surface area contributed by atoms with E-state index in [1.54, 1.807) is 12.3 Å². The predicted octanol–water partition coefficient (Wildman–Crippen LogP) is 4.68. The van der Waals surface area contributed by atoms with Crippen LogP contribution in [0, 0.1) is 0 Å². The van der Waals surface area contributed by atoms with Gasteiger partial charge in [0.05, 0.1) is 5.69 Å². The lowest BCUT2D eigenvalue weighted by atomic mass is 10.0. The quantitative estimate of drug-likeness (QED) is 0.538. The molecule has 1 aromatic carbocycles. The number of benzene rings is 1. The largest absolute Gasteiger partial charge is 0.298 e. The van der Waals surface area contributed by atoms with Crippen molar-refractivity contribution in [3.63, 3.8) is 0 Å². The number of hydrogen-bond acceptors (Lipinski definition) is 2. The van der Waals surface area contributed by atoms with Gasteiger partial charge in [0.2, 0.25) is 0 Å². The molecule has 0 fully saturated rings. The minimum atomic E-state index is 0.612. The number of unbranched alkanes of at least 4 members (excludes halogenated alkanes) is 3. The molecule has 0 unspecified atom stereocenters. The summed E-state index contributed by atoms with van der Waals surface area (Å²) in [6.07, 6.45) is 8.76. The summed E-state index contributed by atoms with van der Waals surface area (Å²) < 4.78 is 0. The summed E-state index contributed by atoms with van der Waals surface area (Å²) in [5.41, 5.74) is 4.00. The van der Waals surface area contributed by atoms with Crippen molar-refractivity contribution in [1.82, 2.24) is 4.98 Å². The number of aldehydes is 1. The van der Waals surface area contributed by atoms with Crippen molar-refractivity contribution in [3.8, 4) is 11.3 Å². The van der Waals surface area contributed by atoms with Crippen LogP contribution in [0.2, 0.25) is 0 Å². The Morgan fingerprint density at radius 1 is 1.00 bits per heavy atom. The Balaban J connectivity index is 1.98. The van der Waals surface area contributed by atoms with Crippen LogP contribution in [-0.4, -0.2) is 11.3 Å². The molecule has 0 saturated carbocycles. The van der Waals surface area contributed by atoms with Crippen molar-refractivity contribution in [1.29, 1.82) is 0 Å². The fraction of sp³-hybridized carbons (Fsp3) is 0.333. The molecule has 0 amide bonds. The van der Waals surface area contributed by atoms with Crippen molar-refractivity contribution in [3.05, 3.63) is 53.7 Å². The third kappa shape index (κ3) is 4.02.